The number of nitro groups is 1. The van der Waals surface area contributed by atoms with Gasteiger partial charge in [-0.15, -0.1) is 0 Å². The molecule has 106 valence electrons. The molecule has 0 radical (unpaired) electrons. The average molecular weight is 285 g/mol. The van der Waals surface area contributed by atoms with Gasteiger partial charge in [0.1, 0.15) is 0 Å². The maximum atomic E-state index is 12.2. The van der Waals surface area contributed by atoms with Gasteiger partial charge >= 0.3 is 0 Å². The minimum Gasteiger partial charge on any atom is -0.258 e. The predicted octanol–water partition coefficient (Wildman–Crippen LogP) is 3.19. The van der Waals surface area contributed by atoms with Gasteiger partial charge < -0.3 is 0 Å². The van der Waals surface area contributed by atoms with Gasteiger partial charge in [0, 0.05) is 12.1 Å². The van der Waals surface area contributed by atoms with Crippen molar-refractivity contribution in [2.75, 3.05) is 5.75 Å². The van der Waals surface area contributed by atoms with Gasteiger partial charge in [0.2, 0.25) is 0 Å². The van der Waals surface area contributed by atoms with Crippen molar-refractivity contribution < 1.29 is 13.3 Å². The molecule has 0 saturated heterocycles. The lowest BCUT2D eigenvalue weighted by molar-refractivity contribution is -0.384. The van der Waals surface area contributed by atoms with Gasteiger partial charge in [0.05, 0.1) is 15.6 Å². The summed E-state index contributed by atoms with van der Waals surface area (Å²) < 4.78 is 24.4. The Morgan fingerprint density at radius 2 is 1.79 bits per heavy atom. The summed E-state index contributed by atoms with van der Waals surface area (Å²) in [5.74, 6) is 0.250. The van der Waals surface area contributed by atoms with Gasteiger partial charge in [-0.2, -0.15) is 0 Å². The van der Waals surface area contributed by atoms with Gasteiger partial charge in [0.25, 0.3) is 5.69 Å². The van der Waals surface area contributed by atoms with Gasteiger partial charge in [-0.3, -0.25) is 10.1 Å². The van der Waals surface area contributed by atoms with Gasteiger partial charge in [-0.25, -0.2) is 8.42 Å². The number of sulfone groups is 1. The largest absolute Gasteiger partial charge is 0.269 e. The van der Waals surface area contributed by atoms with E-state index >= 15 is 0 Å². The lowest BCUT2D eigenvalue weighted by Gasteiger charge is -2.13. The molecule has 1 aromatic rings. The summed E-state index contributed by atoms with van der Waals surface area (Å²) in [5, 5.41) is 10.5. The fourth-order valence-corrected chi connectivity index (χ4v) is 3.76. The molecule has 19 heavy (non-hydrogen) atoms. The van der Waals surface area contributed by atoms with Crippen LogP contribution in [0.4, 0.5) is 5.69 Å². The van der Waals surface area contributed by atoms with E-state index in [-0.39, 0.29) is 22.3 Å². The minimum absolute atomic E-state index is 0.0976. The number of nitrogens with zero attached hydrogens (tertiary/aromatic N) is 1. The topological polar surface area (TPSA) is 77.3 Å². The molecule has 0 spiro atoms. The van der Waals surface area contributed by atoms with E-state index in [4.69, 9.17) is 0 Å². The van der Waals surface area contributed by atoms with E-state index in [1.807, 2.05) is 13.8 Å². The van der Waals surface area contributed by atoms with Crippen LogP contribution in [0.3, 0.4) is 0 Å². The monoisotopic (exact) mass is 285 g/mol. The summed E-state index contributed by atoms with van der Waals surface area (Å²) in [5.41, 5.74) is -0.0976. The Morgan fingerprint density at radius 1 is 1.21 bits per heavy atom. The summed E-state index contributed by atoms with van der Waals surface area (Å²) in [6.45, 7) is 4.01. The quantitative estimate of drug-likeness (QED) is 0.569. The van der Waals surface area contributed by atoms with E-state index in [9.17, 15) is 18.5 Å². The van der Waals surface area contributed by atoms with Crippen LogP contribution in [0.1, 0.15) is 33.1 Å². The fraction of sp³-hybridized carbons (Fsp3) is 0.538. The number of benzene rings is 1. The molecular formula is C13H19NO4S. The third-order valence-electron chi connectivity index (χ3n) is 3.14. The zero-order chi connectivity index (χ0) is 14.5. The first-order chi connectivity index (χ1) is 8.90. The van der Waals surface area contributed by atoms with Crippen LogP contribution in [0.25, 0.3) is 0 Å². The van der Waals surface area contributed by atoms with Crippen LogP contribution in [0.2, 0.25) is 0 Å². The molecule has 0 aliphatic carbocycles. The first kappa shape index (κ1) is 15.6. The lowest BCUT2D eigenvalue weighted by Crippen LogP contribution is -2.16. The molecule has 0 amide bonds. The summed E-state index contributed by atoms with van der Waals surface area (Å²) in [6.07, 6.45) is 2.65. The molecule has 0 aromatic heterocycles. The Morgan fingerprint density at radius 3 is 2.21 bits per heavy atom. The van der Waals surface area contributed by atoms with E-state index in [2.05, 4.69) is 0 Å². The zero-order valence-electron chi connectivity index (χ0n) is 11.2. The van der Waals surface area contributed by atoms with E-state index in [0.29, 0.717) is 0 Å². The molecule has 0 N–H and O–H groups in total. The SMILES string of the molecule is CCCC(CC)CS(=O)(=O)c1ccc([N+](=O)[O-])cc1. The lowest BCUT2D eigenvalue weighted by atomic mass is 10.0. The Labute approximate surface area is 113 Å². The highest BCUT2D eigenvalue weighted by atomic mass is 32.2. The van der Waals surface area contributed by atoms with Crippen LogP contribution in [0.5, 0.6) is 0 Å². The Bertz CT molecular complexity index is 522. The number of nitro benzene ring substituents is 1. The highest BCUT2D eigenvalue weighted by Gasteiger charge is 2.20. The van der Waals surface area contributed by atoms with Crippen molar-refractivity contribution in [3.8, 4) is 0 Å². The van der Waals surface area contributed by atoms with E-state index in [1.165, 1.54) is 24.3 Å². The fourth-order valence-electron chi connectivity index (χ4n) is 2.00. The third kappa shape index (κ3) is 4.31. The standard InChI is InChI=1S/C13H19NO4S/c1-3-5-11(4-2)10-19(17,18)13-8-6-12(7-9-13)14(15)16/h6-9,11H,3-5,10H2,1-2H3. The van der Waals surface area contributed by atoms with Crippen LogP contribution in [-0.2, 0) is 9.84 Å². The van der Waals surface area contributed by atoms with Crippen LogP contribution < -0.4 is 0 Å². The second kappa shape index (κ2) is 6.65. The van der Waals surface area contributed by atoms with E-state index in [0.717, 1.165) is 19.3 Å². The first-order valence-electron chi connectivity index (χ1n) is 6.38. The summed E-state index contributed by atoms with van der Waals surface area (Å²) in [6, 6.07) is 5.08. The predicted molar refractivity (Wildman–Crippen MR) is 73.8 cm³/mol. The molecule has 1 atom stereocenters. The van der Waals surface area contributed by atoms with E-state index < -0.39 is 14.8 Å². The number of hydrogen-bond acceptors (Lipinski definition) is 4. The summed E-state index contributed by atoms with van der Waals surface area (Å²) >= 11 is 0. The van der Waals surface area contributed by atoms with Crippen molar-refractivity contribution in [3.05, 3.63) is 34.4 Å². The molecule has 0 aliphatic heterocycles. The van der Waals surface area contributed by atoms with Crippen LogP contribution in [-0.4, -0.2) is 19.1 Å². The maximum Gasteiger partial charge on any atom is 0.269 e. The molecule has 0 aliphatic rings. The second-order valence-electron chi connectivity index (χ2n) is 4.60. The number of non-ortho nitro benzene ring substituents is 1. The molecule has 0 heterocycles. The van der Waals surface area contributed by atoms with Crippen molar-refractivity contribution in [2.45, 2.75) is 38.0 Å². The zero-order valence-corrected chi connectivity index (χ0v) is 12.0. The van der Waals surface area contributed by atoms with E-state index in [1.54, 1.807) is 0 Å². The molecule has 1 rings (SSSR count). The van der Waals surface area contributed by atoms with Crippen molar-refractivity contribution in [1.82, 2.24) is 0 Å². The molecule has 1 unspecified atom stereocenters. The van der Waals surface area contributed by atoms with Gasteiger partial charge in [-0.1, -0.05) is 26.7 Å². The van der Waals surface area contributed by atoms with Crippen LogP contribution in [0.15, 0.2) is 29.2 Å². The summed E-state index contributed by atoms with van der Waals surface area (Å²) in [4.78, 5) is 10.1. The minimum atomic E-state index is -3.36. The second-order valence-corrected chi connectivity index (χ2v) is 6.63. The molecule has 0 bridgehead atoms. The summed E-state index contributed by atoms with van der Waals surface area (Å²) in [7, 11) is -3.36. The average Bonchev–Trinajstić information content (AvgIpc) is 2.38. The van der Waals surface area contributed by atoms with Gasteiger partial charge in [-0.05, 0) is 24.5 Å². The first-order valence-corrected chi connectivity index (χ1v) is 8.03. The third-order valence-corrected chi connectivity index (χ3v) is 5.04. The smallest absolute Gasteiger partial charge is 0.258 e. The van der Waals surface area contributed by atoms with Crippen molar-refractivity contribution in [3.63, 3.8) is 0 Å². The number of rotatable bonds is 7. The molecule has 6 heteroatoms. The molecule has 0 saturated carbocycles. The number of hydrogen-bond donors (Lipinski definition) is 0. The molecule has 1 aromatic carbocycles. The van der Waals surface area contributed by atoms with Crippen LogP contribution >= 0.6 is 0 Å². The van der Waals surface area contributed by atoms with Crippen molar-refractivity contribution in [2.24, 2.45) is 5.92 Å². The highest BCUT2D eigenvalue weighted by Crippen LogP contribution is 2.21. The van der Waals surface area contributed by atoms with Crippen molar-refractivity contribution in [1.29, 1.82) is 0 Å². The highest BCUT2D eigenvalue weighted by molar-refractivity contribution is 7.91. The Kier molecular flexibility index (Phi) is 5.47. The van der Waals surface area contributed by atoms with Gasteiger partial charge in [0.15, 0.2) is 9.84 Å². The van der Waals surface area contributed by atoms with Crippen LogP contribution in [0, 0.1) is 16.0 Å². The maximum absolute atomic E-state index is 12.2. The van der Waals surface area contributed by atoms with Crippen molar-refractivity contribution >= 4 is 15.5 Å². The molecule has 5 nitrogen and oxygen atoms in total. The normalized spacial score (nSPS) is 13.2. The Balaban J connectivity index is 2.90. The molecular weight excluding hydrogens is 266 g/mol. The molecule has 0 fully saturated rings. The Hall–Kier alpha value is -1.43.